The summed E-state index contributed by atoms with van der Waals surface area (Å²) >= 11 is 6.03. The average Bonchev–Trinajstić information content (AvgIpc) is 2.99. The normalized spacial score (nSPS) is 14.9. The van der Waals surface area contributed by atoms with Gasteiger partial charge in [0.2, 0.25) is 5.88 Å². The van der Waals surface area contributed by atoms with Crippen molar-refractivity contribution in [1.29, 1.82) is 5.26 Å². The minimum atomic E-state index is -0.225. The van der Waals surface area contributed by atoms with Crippen LogP contribution in [0.2, 0.25) is 5.02 Å². The van der Waals surface area contributed by atoms with Crippen molar-refractivity contribution in [2.24, 2.45) is 5.73 Å². The third-order valence-corrected chi connectivity index (χ3v) is 7.15. The summed E-state index contributed by atoms with van der Waals surface area (Å²) in [6.45, 7) is 6.51. The van der Waals surface area contributed by atoms with E-state index in [1.165, 1.54) is 6.07 Å². The number of amides is 2. The van der Waals surface area contributed by atoms with E-state index in [1.807, 2.05) is 37.3 Å². The summed E-state index contributed by atoms with van der Waals surface area (Å²) in [5, 5.41) is 12.8. The van der Waals surface area contributed by atoms with Gasteiger partial charge in [-0.25, -0.2) is 4.98 Å². The number of benzene rings is 2. The maximum absolute atomic E-state index is 13.4. The SMILES string of the molecule is CCOc1ncccc1-c1ccc(N2CCN(C(=O)c3ccc(Cl)cc3C#N)C[C@H]2CC)c(C(=O)NCCN)c1. The molecular formula is C30H33ClN6O3. The molecule has 4 rings (SSSR count). The first-order valence-electron chi connectivity index (χ1n) is 13.4. The van der Waals surface area contributed by atoms with Gasteiger partial charge in [-0.15, -0.1) is 0 Å². The molecule has 0 aliphatic carbocycles. The first-order valence-corrected chi connectivity index (χ1v) is 13.8. The summed E-state index contributed by atoms with van der Waals surface area (Å²) in [5.41, 5.74) is 9.15. The number of nitrogens with two attached hydrogens (primary N) is 1. The van der Waals surface area contributed by atoms with Crippen molar-refractivity contribution >= 4 is 29.1 Å². The topological polar surface area (TPSA) is 125 Å². The fourth-order valence-electron chi connectivity index (χ4n) is 4.95. The highest BCUT2D eigenvalue weighted by Gasteiger charge is 2.32. The van der Waals surface area contributed by atoms with Crippen molar-refractivity contribution in [3.8, 4) is 23.1 Å². The van der Waals surface area contributed by atoms with Crippen LogP contribution in [0.5, 0.6) is 5.88 Å². The molecule has 9 nitrogen and oxygen atoms in total. The number of pyridine rings is 1. The zero-order valence-electron chi connectivity index (χ0n) is 22.7. The molecule has 1 atom stereocenters. The van der Waals surface area contributed by atoms with Crippen LogP contribution in [0.15, 0.2) is 54.7 Å². The first-order chi connectivity index (χ1) is 19.4. The van der Waals surface area contributed by atoms with E-state index in [0.29, 0.717) is 61.4 Å². The number of carbonyl (C=O) groups excluding carboxylic acids is 2. The molecule has 1 aliphatic heterocycles. The molecule has 0 saturated carbocycles. The summed E-state index contributed by atoms with van der Waals surface area (Å²) in [6, 6.07) is 16.3. The molecule has 2 aromatic carbocycles. The number of aromatic nitrogens is 1. The molecule has 0 radical (unpaired) electrons. The van der Waals surface area contributed by atoms with E-state index >= 15 is 0 Å². The van der Waals surface area contributed by atoms with Crippen LogP contribution in [0.1, 0.15) is 46.5 Å². The van der Waals surface area contributed by atoms with Crippen LogP contribution in [-0.2, 0) is 0 Å². The maximum atomic E-state index is 13.4. The number of ether oxygens (including phenoxy) is 1. The molecule has 0 bridgehead atoms. The Labute approximate surface area is 239 Å². The standard InChI is InChI=1S/C30H33ClN6O3/c1-3-23-19-36(30(39)25-9-8-22(31)16-21(25)18-33)14-15-37(23)27-10-7-20(17-26(27)28(38)34-13-11-32)24-6-5-12-35-29(24)40-4-2/h5-10,12,16-17,23H,3-4,11,13-15,19,32H2,1-2H3,(H,34,38)/t23-/m1/s1. The van der Waals surface area contributed by atoms with E-state index in [1.54, 1.807) is 23.2 Å². The number of carbonyl (C=O) groups is 2. The summed E-state index contributed by atoms with van der Waals surface area (Å²) in [5.74, 6) is 0.0727. The number of hydrogen-bond donors (Lipinski definition) is 2. The number of rotatable bonds is 9. The quantitative estimate of drug-likeness (QED) is 0.403. The van der Waals surface area contributed by atoms with Gasteiger partial charge in [-0.1, -0.05) is 24.6 Å². The summed E-state index contributed by atoms with van der Waals surface area (Å²) < 4.78 is 5.73. The second-order valence-electron chi connectivity index (χ2n) is 9.37. The van der Waals surface area contributed by atoms with E-state index in [2.05, 4.69) is 28.2 Å². The van der Waals surface area contributed by atoms with Crippen molar-refractivity contribution in [2.75, 3.05) is 44.2 Å². The van der Waals surface area contributed by atoms with E-state index in [4.69, 9.17) is 22.1 Å². The number of nitrogens with one attached hydrogen (secondary N) is 1. The van der Waals surface area contributed by atoms with Crippen LogP contribution in [-0.4, -0.2) is 67.1 Å². The predicted molar refractivity (Wildman–Crippen MR) is 156 cm³/mol. The third-order valence-electron chi connectivity index (χ3n) is 6.92. The molecule has 208 valence electrons. The third kappa shape index (κ3) is 6.19. The maximum Gasteiger partial charge on any atom is 0.255 e. The molecule has 10 heteroatoms. The molecular weight excluding hydrogens is 528 g/mol. The largest absolute Gasteiger partial charge is 0.478 e. The number of nitrogens with zero attached hydrogens (tertiary/aromatic N) is 4. The van der Waals surface area contributed by atoms with E-state index in [9.17, 15) is 14.9 Å². The Morgan fingerprint density at radius 3 is 2.73 bits per heavy atom. The van der Waals surface area contributed by atoms with Gasteiger partial charge in [0.15, 0.2) is 0 Å². The Bertz CT molecular complexity index is 1420. The van der Waals surface area contributed by atoms with Gasteiger partial charge in [0, 0.05) is 61.2 Å². The lowest BCUT2D eigenvalue weighted by atomic mass is 9.99. The van der Waals surface area contributed by atoms with Gasteiger partial charge in [0.05, 0.1) is 23.3 Å². The monoisotopic (exact) mass is 560 g/mol. The summed E-state index contributed by atoms with van der Waals surface area (Å²) in [4.78, 5) is 35.1. The zero-order chi connectivity index (χ0) is 28.6. The lowest BCUT2D eigenvalue weighted by molar-refractivity contribution is 0.0719. The molecule has 40 heavy (non-hydrogen) atoms. The van der Waals surface area contributed by atoms with Crippen molar-refractivity contribution < 1.29 is 14.3 Å². The van der Waals surface area contributed by atoms with Crippen LogP contribution in [0.3, 0.4) is 0 Å². The van der Waals surface area contributed by atoms with Gasteiger partial charge in [-0.05, 0) is 61.4 Å². The van der Waals surface area contributed by atoms with Crippen LogP contribution < -0.4 is 20.7 Å². The lowest BCUT2D eigenvalue weighted by Gasteiger charge is -2.43. The van der Waals surface area contributed by atoms with Gasteiger partial charge in [0.1, 0.15) is 6.07 Å². The summed E-state index contributed by atoms with van der Waals surface area (Å²) in [7, 11) is 0. The fourth-order valence-corrected chi connectivity index (χ4v) is 5.12. The van der Waals surface area contributed by atoms with Crippen LogP contribution in [0.25, 0.3) is 11.1 Å². The number of nitriles is 1. The number of hydrogen-bond acceptors (Lipinski definition) is 7. The minimum Gasteiger partial charge on any atom is -0.478 e. The highest BCUT2D eigenvalue weighted by molar-refractivity contribution is 6.30. The second-order valence-corrected chi connectivity index (χ2v) is 9.81. The molecule has 2 amide bonds. The van der Waals surface area contributed by atoms with E-state index in [0.717, 1.165) is 23.2 Å². The molecule has 0 unspecified atom stereocenters. The second kappa shape index (κ2) is 13.3. The van der Waals surface area contributed by atoms with Crippen molar-refractivity contribution in [3.63, 3.8) is 0 Å². The highest BCUT2D eigenvalue weighted by Crippen LogP contribution is 2.34. The molecule has 1 fully saturated rings. The minimum absolute atomic E-state index is 0.0418. The molecule has 1 aliphatic rings. The summed E-state index contributed by atoms with van der Waals surface area (Å²) in [6.07, 6.45) is 2.42. The van der Waals surface area contributed by atoms with Gasteiger partial charge < -0.3 is 25.6 Å². The van der Waals surface area contributed by atoms with Crippen LogP contribution in [0.4, 0.5) is 5.69 Å². The van der Waals surface area contributed by atoms with Crippen LogP contribution in [0, 0.1) is 11.3 Å². The van der Waals surface area contributed by atoms with Gasteiger partial charge in [-0.2, -0.15) is 5.26 Å². The van der Waals surface area contributed by atoms with Gasteiger partial charge >= 0.3 is 0 Å². The zero-order valence-corrected chi connectivity index (χ0v) is 23.4. The number of halogens is 1. The predicted octanol–water partition coefficient (Wildman–Crippen LogP) is 4.10. The number of anilines is 1. The Kier molecular flexibility index (Phi) is 9.59. The van der Waals surface area contributed by atoms with E-state index in [-0.39, 0.29) is 23.4 Å². The van der Waals surface area contributed by atoms with Gasteiger partial charge in [-0.3, -0.25) is 9.59 Å². The Balaban J connectivity index is 1.67. The van der Waals surface area contributed by atoms with Crippen LogP contribution >= 0.6 is 11.6 Å². The molecule has 3 N–H and O–H groups in total. The number of piperazine rings is 1. The van der Waals surface area contributed by atoms with Crippen molar-refractivity contribution in [2.45, 2.75) is 26.3 Å². The lowest BCUT2D eigenvalue weighted by Crippen LogP contribution is -2.55. The van der Waals surface area contributed by atoms with Crippen molar-refractivity contribution in [1.82, 2.24) is 15.2 Å². The molecule has 1 aromatic heterocycles. The molecule has 3 aromatic rings. The first kappa shape index (κ1) is 28.9. The Hall–Kier alpha value is -4.13. The fraction of sp³-hybridized carbons (Fsp3) is 0.333. The molecule has 0 spiro atoms. The van der Waals surface area contributed by atoms with E-state index < -0.39 is 0 Å². The Morgan fingerprint density at radius 1 is 1.18 bits per heavy atom. The Morgan fingerprint density at radius 2 is 2.00 bits per heavy atom. The highest BCUT2D eigenvalue weighted by atomic mass is 35.5. The van der Waals surface area contributed by atoms with Gasteiger partial charge in [0.25, 0.3) is 11.8 Å². The van der Waals surface area contributed by atoms with Crippen molar-refractivity contribution in [3.05, 3.63) is 76.4 Å². The molecule has 1 saturated heterocycles. The smallest absolute Gasteiger partial charge is 0.255 e. The molecule has 2 heterocycles. The average molecular weight is 561 g/mol.